The van der Waals surface area contributed by atoms with Crippen molar-refractivity contribution >= 4 is 5.69 Å². The molecule has 0 spiro atoms. The van der Waals surface area contributed by atoms with Crippen molar-refractivity contribution in [3.63, 3.8) is 0 Å². The summed E-state index contributed by atoms with van der Waals surface area (Å²) < 4.78 is 1.58. The SMILES string of the molecule is Cc1ccc([N+](=O)[O-])cc1-n1cc(CNCC(C)C)nn1. The number of benzene rings is 1. The van der Waals surface area contributed by atoms with Crippen LogP contribution in [0.2, 0.25) is 0 Å². The zero-order chi connectivity index (χ0) is 15.4. The van der Waals surface area contributed by atoms with E-state index in [1.165, 1.54) is 12.1 Å². The average molecular weight is 289 g/mol. The zero-order valence-corrected chi connectivity index (χ0v) is 12.4. The molecular weight excluding hydrogens is 270 g/mol. The summed E-state index contributed by atoms with van der Waals surface area (Å²) in [6, 6.07) is 4.71. The average Bonchev–Trinajstić information content (AvgIpc) is 2.87. The van der Waals surface area contributed by atoms with E-state index in [1.807, 2.05) is 6.92 Å². The molecule has 0 bridgehead atoms. The van der Waals surface area contributed by atoms with Gasteiger partial charge in [0.15, 0.2) is 0 Å². The lowest BCUT2D eigenvalue weighted by Crippen LogP contribution is -2.19. The van der Waals surface area contributed by atoms with Gasteiger partial charge in [0.05, 0.1) is 22.5 Å². The van der Waals surface area contributed by atoms with E-state index in [0.29, 0.717) is 18.2 Å². The molecular formula is C14H19N5O2. The molecule has 0 fully saturated rings. The van der Waals surface area contributed by atoms with Crippen molar-refractivity contribution in [2.24, 2.45) is 5.92 Å². The fourth-order valence-corrected chi connectivity index (χ4v) is 1.94. The molecule has 0 aliphatic rings. The summed E-state index contributed by atoms with van der Waals surface area (Å²) in [6.45, 7) is 7.69. The van der Waals surface area contributed by atoms with Crippen molar-refractivity contribution in [1.29, 1.82) is 0 Å². The fraction of sp³-hybridized carbons (Fsp3) is 0.429. The summed E-state index contributed by atoms with van der Waals surface area (Å²) in [7, 11) is 0. The molecule has 112 valence electrons. The Balaban J connectivity index is 2.17. The Morgan fingerprint density at radius 1 is 1.43 bits per heavy atom. The third-order valence-corrected chi connectivity index (χ3v) is 3.05. The van der Waals surface area contributed by atoms with Crippen LogP contribution in [0.5, 0.6) is 0 Å². The second kappa shape index (κ2) is 6.45. The number of nitrogens with one attached hydrogen (secondary N) is 1. The van der Waals surface area contributed by atoms with E-state index in [9.17, 15) is 10.1 Å². The second-order valence-corrected chi connectivity index (χ2v) is 5.41. The summed E-state index contributed by atoms with van der Waals surface area (Å²) in [4.78, 5) is 10.4. The Morgan fingerprint density at radius 2 is 2.19 bits per heavy atom. The molecule has 0 aliphatic carbocycles. The van der Waals surface area contributed by atoms with Gasteiger partial charge in [-0.15, -0.1) is 5.10 Å². The molecule has 0 radical (unpaired) electrons. The number of aromatic nitrogens is 3. The summed E-state index contributed by atoms with van der Waals surface area (Å²) in [5.41, 5.74) is 2.44. The van der Waals surface area contributed by atoms with Crippen molar-refractivity contribution < 1.29 is 4.92 Å². The minimum absolute atomic E-state index is 0.0468. The quantitative estimate of drug-likeness (QED) is 0.651. The summed E-state index contributed by atoms with van der Waals surface area (Å²) in [5, 5.41) is 22.3. The van der Waals surface area contributed by atoms with Crippen LogP contribution in [0.15, 0.2) is 24.4 Å². The van der Waals surface area contributed by atoms with Gasteiger partial charge >= 0.3 is 0 Å². The lowest BCUT2D eigenvalue weighted by atomic mass is 10.2. The van der Waals surface area contributed by atoms with E-state index in [1.54, 1.807) is 16.9 Å². The van der Waals surface area contributed by atoms with Crippen LogP contribution in [0.25, 0.3) is 5.69 Å². The van der Waals surface area contributed by atoms with Gasteiger partial charge in [-0.1, -0.05) is 25.1 Å². The highest BCUT2D eigenvalue weighted by Crippen LogP contribution is 2.20. The van der Waals surface area contributed by atoms with Crippen LogP contribution in [-0.4, -0.2) is 26.5 Å². The van der Waals surface area contributed by atoms with Gasteiger partial charge in [0.1, 0.15) is 0 Å². The smallest absolute Gasteiger partial charge is 0.271 e. The van der Waals surface area contributed by atoms with Crippen LogP contribution < -0.4 is 5.32 Å². The van der Waals surface area contributed by atoms with E-state index in [2.05, 4.69) is 29.5 Å². The topological polar surface area (TPSA) is 85.9 Å². The number of rotatable bonds is 6. The van der Waals surface area contributed by atoms with Crippen LogP contribution in [0.1, 0.15) is 25.1 Å². The van der Waals surface area contributed by atoms with E-state index >= 15 is 0 Å². The lowest BCUT2D eigenvalue weighted by molar-refractivity contribution is -0.384. The third kappa shape index (κ3) is 3.85. The first-order valence-electron chi connectivity index (χ1n) is 6.84. The van der Waals surface area contributed by atoms with Gasteiger partial charge in [0, 0.05) is 18.7 Å². The van der Waals surface area contributed by atoms with Crippen molar-refractivity contribution in [2.75, 3.05) is 6.54 Å². The van der Waals surface area contributed by atoms with Crippen molar-refractivity contribution in [2.45, 2.75) is 27.3 Å². The Kier molecular flexibility index (Phi) is 4.64. The molecule has 2 rings (SSSR count). The van der Waals surface area contributed by atoms with Crippen LogP contribution in [-0.2, 0) is 6.54 Å². The predicted molar refractivity (Wildman–Crippen MR) is 79.3 cm³/mol. The van der Waals surface area contributed by atoms with Crippen molar-refractivity contribution in [3.05, 3.63) is 45.8 Å². The number of nitro groups is 1. The molecule has 0 atom stereocenters. The highest BCUT2D eigenvalue weighted by atomic mass is 16.6. The molecule has 7 heteroatoms. The normalized spacial score (nSPS) is 11.0. The maximum absolute atomic E-state index is 10.9. The monoisotopic (exact) mass is 289 g/mol. The van der Waals surface area contributed by atoms with Crippen LogP contribution in [0, 0.1) is 23.0 Å². The van der Waals surface area contributed by atoms with E-state index in [-0.39, 0.29) is 5.69 Å². The van der Waals surface area contributed by atoms with Gasteiger partial charge in [-0.05, 0) is 24.9 Å². The maximum Gasteiger partial charge on any atom is 0.271 e. The lowest BCUT2D eigenvalue weighted by Gasteiger charge is -2.05. The first-order chi connectivity index (χ1) is 9.97. The number of non-ortho nitro benzene ring substituents is 1. The minimum Gasteiger partial charge on any atom is -0.311 e. The molecule has 0 aliphatic heterocycles. The Morgan fingerprint density at radius 3 is 2.86 bits per heavy atom. The van der Waals surface area contributed by atoms with Crippen LogP contribution in [0.4, 0.5) is 5.69 Å². The van der Waals surface area contributed by atoms with Gasteiger partial charge in [-0.3, -0.25) is 10.1 Å². The first-order valence-corrected chi connectivity index (χ1v) is 6.84. The molecule has 1 aromatic heterocycles. The standard InChI is InChI=1S/C14H19N5O2/c1-10(2)7-15-8-12-9-18(17-16-12)14-6-13(19(20)21)5-4-11(14)3/h4-6,9-10,15H,7-8H2,1-3H3. The maximum atomic E-state index is 10.9. The third-order valence-electron chi connectivity index (χ3n) is 3.05. The van der Waals surface area contributed by atoms with E-state index in [4.69, 9.17) is 0 Å². The molecule has 0 saturated carbocycles. The molecule has 0 amide bonds. The second-order valence-electron chi connectivity index (χ2n) is 5.41. The molecule has 1 aromatic carbocycles. The molecule has 21 heavy (non-hydrogen) atoms. The highest BCUT2D eigenvalue weighted by Gasteiger charge is 2.11. The van der Waals surface area contributed by atoms with Crippen molar-refractivity contribution in [1.82, 2.24) is 20.3 Å². The molecule has 2 aromatic rings. The Hall–Kier alpha value is -2.28. The molecule has 0 saturated heterocycles. The van der Waals surface area contributed by atoms with Gasteiger partial charge in [0.25, 0.3) is 5.69 Å². The summed E-state index contributed by atoms with van der Waals surface area (Å²) in [6.07, 6.45) is 1.79. The van der Waals surface area contributed by atoms with E-state index < -0.39 is 4.92 Å². The van der Waals surface area contributed by atoms with Gasteiger partial charge in [-0.25, -0.2) is 4.68 Å². The fourth-order valence-electron chi connectivity index (χ4n) is 1.94. The predicted octanol–water partition coefficient (Wildman–Crippen LogP) is 2.23. The molecule has 0 unspecified atom stereocenters. The highest BCUT2D eigenvalue weighted by molar-refractivity contribution is 5.48. The van der Waals surface area contributed by atoms with Crippen LogP contribution in [0.3, 0.4) is 0 Å². The molecule has 1 N–H and O–H groups in total. The number of nitrogens with zero attached hydrogens (tertiary/aromatic N) is 4. The van der Waals surface area contributed by atoms with Crippen LogP contribution >= 0.6 is 0 Å². The van der Waals surface area contributed by atoms with Crippen molar-refractivity contribution in [3.8, 4) is 5.69 Å². The molecule has 7 nitrogen and oxygen atoms in total. The zero-order valence-electron chi connectivity index (χ0n) is 12.4. The summed E-state index contributed by atoms with van der Waals surface area (Å²) >= 11 is 0. The largest absolute Gasteiger partial charge is 0.311 e. The molecule has 1 heterocycles. The first kappa shape index (κ1) is 15.1. The Bertz CT molecular complexity index is 636. The van der Waals surface area contributed by atoms with E-state index in [0.717, 1.165) is 17.8 Å². The van der Waals surface area contributed by atoms with Gasteiger partial charge in [0.2, 0.25) is 0 Å². The Labute approximate surface area is 123 Å². The number of hydrogen-bond acceptors (Lipinski definition) is 5. The summed E-state index contributed by atoms with van der Waals surface area (Å²) in [5.74, 6) is 0.569. The number of aryl methyl sites for hydroxylation is 1. The van der Waals surface area contributed by atoms with Gasteiger partial charge < -0.3 is 5.32 Å². The number of nitro benzene ring substituents is 1. The van der Waals surface area contributed by atoms with Gasteiger partial charge in [-0.2, -0.15) is 0 Å². The number of hydrogen-bond donors (Lipinski definition) is 1. The minimum atomic E-state index is -0.412.